The zero-order chi connectivity index (χ0) is 19.9. The number of carbonyl (C=O) groups is 2. The molecule has 0 bridgehead atoms. The SMILES string of the molecule is CC#CC(=O)N1CCC(CNC(=O)c2cc(-c3cccc(OC)c3)n[nH]2)CC1. The van der Waals surface area contributed by atoms with Crippen molar-refractivity contribution < 1.29 is 14.3 Å². The highest BCUT2D eigenvalue weighted by Crippen LogP contribution is 2.22. The fraction of sp³-hybridized carbons (Fsp3) is 0.381. The first-order chi connectivity index (χ1) is 13.6. The van der Waals surface area contributed by atoms with Crippen molar-refractivity contribution in [2.75, 3.05) is 26.7 Å². The lowest BCUT2D eigenvalue weighted by Gasteiger charge is -2.30. The molecule has 2 aromatic rings. The third-order valence-corrected chi connectivity index (χ3v) is 4.87. The van der Waals surface area contributed by atoms with Crippen LogP contribution in [0.5, 0.6) is 5.75 Å². The molecule has 2 N–H and O–H groups in total. The van der Waals surface area contributed by atoms with Crippen LogP contribution in [0.1, 0.15) is 30.3 Å². The summed E-state index contributed by atoms with van der Waals surface area (Å²) in [4.78, 5) is 26.0. The number of likely N-dealkylation sites (tertiary alicyclic amines) is 1. The molecule has 2 heterocycles. The van der Waals surface area contributed by atoms with Gasteiger partial charge in [-0.05, 0) is 49.8 Å². The van der Waals surface area contributed by atoms with Gasteiger partial charge in [0.15, 0.2) is 0 Å². The van der Waals surface area contributed by atoms with Crippen molar-refractivity contribution in [3.8, 4) is 28.8 Å². The van der Waals surface area contributed by atoms with Gasteiger partial charge in [0.25, 0.3) is 11.8 Å². The number of benzene rings is 1. The third kappa shape index (κ3) is 4.71. The van der Waals surface area contributed by atoms with E-state index < -0.39 is 0 Å². The maximum Gasteiger partial charge on any atom is 0.298 e. The standard InChI is InChI=1S/C21H24N4O3/c1-3-5-20(26)25-10-8-15(9-11-25)14-22-21(27)19-13-18(23-24-19)16-6-4-7-17(12-16)28-2/h4,6-7,12-13,15H,8-11,14H2,1-2H3,(H,22,27)(H,23,24). The summed E-state index contributed by atoms with van der Waals surface area (Å²) < 4.78 is 5.22. The van der Waals surface area contributed by atoms with Crippen LogP contribution in [0.25, 0.3) is 11.3 Å². The summed E-state index contributed by atoms with van der Waals surface area (Å²) in [5, 5.41) is 9.98. The average Bonchev–Trinajstić information content (AvgIpc) is 3.23. The molecule has 28 heavy (non-hydrogen) atoms. The highest BCUT2D eigenvalue weighted by Gasteiger charge is 2.22. The first-order valence-corrected chi connectivity index (χ1v) is 9.30. The minimum Gasteiger partial charge on any atom is -0.497 e. The zero-order valence-electron chi connectivity index (χ0n) is 16.1. The van der Waals surface area contributed by atoms with Crippen molar-refractivity contribution >= 4 is 11.8 Å². The van der Waals surface area contributed by atoms with Crippen molar-refractivity contribution in [1.82, 2.24) is 20.4 Å². The van der Waals surface area contributed by atoms with Gasteiger partial charge in [0.05, 0.1) is 12.8 Å². The van der Waals surface area contributed by atoms with Crippen LogP contribution in [-0.2, 0) is 4.79 Å². The van der Waals surface area contributed by atoms with E-state index >= 15 is 0 Å². The zero-order valence-corrected chi connectivity index (χ0v) is 16.1. The van der Waals surface area contributed by atoms with Crippen molar-refractivity contribution in [3.63, 3.8) is 0 Å². The normalized spacial score (nSPS) is 14.1. The summed E-state index contributed by atoms with van der Waals surface area (Å²) in [5.74, 6) is 6.00. The summed E-state index contributed by atoms with van der Waals surface area (Å²) in [6.45, 7) is 3.60. The Morgan fingerprint density at radius 3 is 2.82 bits per heavy atom. The molecular weight excluding hydrogens is 356 g/mol. The van der Waals surface area contributed by atoms with Gasteiger partial charge in [0.1, 0.15) is 11.4 Å². The first-order valence-electron chi connectivity index (χ1n) is 9.30. The second-order valence-corrected chi connectivity index (χ2v) is 6.72. The number of H-pyrrole nitrogens is 1. The average molecular weight is 380 g/mol. The van der Waals surface area contributed by atoms with Crippen molar-refractivity contribution in [2.24, 2.45) is 5.92 Å². The molecule has 1 aromatic carbocycles. The lowest BCUT2D eigenvalue weighted by atomic mass is 9.96. The van der Waals surface area contributed by atoms with Gasteiger partial charge >= 0.3 is 0 Å². The molecule has 1 fully saturated rings. The summed E-state index contributed by atoms with van der Waals surface area (Å²) in [7, 11) is 1.61. The molecule has 0 atom stereocenters. The Morgan fingerprint density at radius 2 is 2.11 bits per heavy atom. The van der Waals surface area contributed by atoms with Gasteiger partial charge in [-0.1, -0.05) is 18.1 Å². The van der Waals surface area contributed by atoms with Crippen LogP contribution >= 0.6 is 0 Å². The number of hydrogen-bond donors (Lipinski definition) is 2. The Labute approximate surface area is 164 Å². The van der Waals surface area contributed by atoms with Crippen molar-refractivity contribution in [3.05, 3.63) is 36.0 Å². The fourth-order valence-electron chi connectivity index (χ4n) is 3.23. The molecule has 2 amide bonds. The summed E-state index contributed by atoms with van der Waals surface area (Å²) >= 11 is 0. The highest BCUT2D eigenvalue weighted by molar-refractivity contribution is 5.94. The van der Waals surface area contributed by atoms with E-state index in [9.17, 15) is 9.59 Å². The van der Waals surface area contributed by atoms with Gasteiger partial charge in [0.2, 0.25) is 0 Å². The smallest absolute Gasteiger partial charge is 0.298 e. The van der Waals surface area contributed by atoms with Crippen LogP contribution in [0.2, 0.25) is 0 Å². The number of carbonyl (C=O) groups excluding carboxylic acids is 2. The van der Waals surface area contributed by atoms with Crippen molar-refractivity contribution in [2.45, 2.75) is 19.8 Å². The van der Waals surface area contributed by atoms with Gasteiger partial charge in [-0.25, -0.2) is 0 Å². The second kappa shape index (κ2) is 9.09. The molecule has 7 heteroatoms. The highest BCUT2D eigenvalue weighted by atomic mass is 16.5. The molecule has 1 saturated heterocycles. The number of amides is 2. The lowest BCUT2D eigenvalue weighted by Crippen LogP contribution is -2.41. The Balaban J connectivity index is 1.51. The van der Waals surface area contributed by atoms with Gasteiger partial charge in [-0.15, -0.1) is 0 Å². The maximum atomic E-state index is 12.4. The van der Waals surface area contributed by atoms with Crippen LogP contribution in [0.15, 0.2) is 30.3 Å². The predicted molar refractivity (Wildman–Crippen MR) is 106 cm³/mol. The van der Waals surface area contributed by atoms with E-state index in [1.165, 1.54) is 0 Å². The molecule has 1 aliphatic rings. The maximum absolute atomic E-state index is 12.4. The Bertz CT molecular complexity index is 902. The van der Waals surface area contributed by atoms with Crippen LogP contribution in [0, 0.1) is 17.8 Å². The summed E-state index contributed by atoms with van der Waals surface area (Å²) in [6.07, 6.45) is 1.71. The van der Waals surface area contributed by atoms with Gasteiger partial charge < -0.3 is 15.0 Å². The first kappa shape index (κ1) is 19.5. The van der Waals surface area contributed by atoms with E-state index in [0.29, 0.717) is 36.9 Å². The molecular formula is C21H24N4O3. The molecule has 0 radical (unpaired) electrons. The number of methoxy groups -OCH3 is 1. The second-order valence-electron chi connectivity index (χ2n) is 6.72. The van der Waals surface area contributed by atoms with E-state index in [1.54, 1.807) is 25.0 Å². The molecule has 1 aromatic heterocycles. The monoisotopic (exact) mass is 380 g/mol. The number of piperidine rings is 1. The van der Waals surface area contributed by atoms with Crippen LogP contribution < -0.4 is 10.1 Å². The van der Waals surface area contributed by atoms with Crippen LogP contribution in [-0.4, -0.2) is 53.7 Å². The van der Waals surface area contributed by atoms with Gasteiger partial charge in [0, 0.05) is 25.2 Å². The van der Waals surface area contributed by atoms with E-state index in [0.717, 1.165) is 24.2 Å². The molecule has 1 aliphatic heterocycles. The fourth-order valence-corrected chi connectivity index (χ4v) is 3.23. The Hall–Kier alpha value is -3.27. The molecule has 0 saturated carbocycles. The Morgan fingerprint density at radius 1 is 1.32 bits per heavy atom. The molecule has 3 rings (SSSR count). The predicted octanol–water partition coefficient (Wildman–Crippen LogP) is 2.08. The van der Waals surface area contributed by atoms with Crippen molar-refractivity contribution in [1.29, 1.82) is 0 Å². The number of ether oxygens (including phenoxy) is 1. The number of aromatic amines is 1. The largest absolute Gasteiger partial charge is 0.497 e. The van der Waals surface area contributed by atoms with E-state index in [-0.39, 0.29) is 11.8 Å². The van der Waals surface area contributed by atoms with Gasteiger partial charge in [-0.2, -0.15) is 5.10 Å². The van der Waals surface area contributed by atoms with Crippen LogP contribution in [0.4, 0.5) is 0 Å². The minimum absolute atomic E-state index is 0.118. The number of nitrogens with zero attached hydrogens (tertiary/aromatic N) is 2. The van der Waals surface area contributed by atoms with Gasteiger partial charge in [-0.3, -0.25) is 14.7 Å². The minimum atomic E-state index is -0.183. The molecule has 146 valence electrons. The molecule has 0 unspecified atom stereocenters. The summed E-state index contributed by atoms with van der Waals surface area (Å²) in [5.41, 5.74) is 1.98. The summed E-state index contributed by atoms with van der Waals surface area (Å²) in [6, 6.07) is 9.26. The number of hydrogen-bond acceptors (Lipinski definition) is 4. The van der Waals surface area contributed by atoms with Crippen LogP contribution in [0.3, 0.4) is 0 Å². The number of nitrogens with one attached hydrogen (secondary N) is 2. The number of aromatic nitrogens is 2. The third-order valence-electron chi connectivity index (χ3n) is 4.87. The Kier molecular flexibility index (Phi) is 6.33. The number of rotatable bonds is 5. The lowest BCUT2D eigenvalue weighted by molar-refractivity contribution is -0.126. The molecule has 0 spiro atoms. The van der Waals surface area contributed by atoms with E-state index in [2.05, 4.69) is 27.4 Å². The van der Waals surface area contributed by atoms with E-state index in [1.807, 2.05) is 24.3 Å². The molecule has 7 nitrogen and oxygen atoms in total. The molecule has 0 aliphatic carbocycles. The van der Waals surface area contributed by atoms with E-state index in [4.69, 9.17) is 4.74 Å². The topological polar surface area (TPSA) is 87.3 Å². The quantitative estimate of drug-likeness (QED) is 0.778.